The fraction of sp³-hybridized carbons (Fsp3) is 0.304. The third-order valence-electron chi connectivity index (χ3n) is 5.59. The number of carbonyl (C=O) groups excluding carboxylic acids is 1. The summed E-state index contributed by atoms with van der Waals surface area (Å²) in [5.41, 5.74) is 5.65. The van der Waals surface area contributed by atoms with Crippen molar-refractivity contribution >= 4 is 33.3 Å². The Hall–Kier alpha value is -2.58. The Morgan fingerprint density at radius 2 is 1.94 bits per heavy atom. The molecule has 0 unspecified atom stereocenters. The van der Waals surface area contributed by atoms with Crippen LogP contribution in [0.5, 0.6) is 0 Å². The molecule has 0 amide bonds. The van der Waals surface area contributed by atoms with E-state index in [1.807, 2.05) is 22.9 Å². The van der Waals surface area contributed by atoms with Crippen molar-refractivity contribution in [3.8, 4) is 5.69 Å². The highest BCUT2D eigenvalue weighted by Gasteiger charge is 2.24. The number of ketones is 1. The van der Waals surface area contributed by atoms with Crippen molar-refractivity contribution in [2.24, 2.45) is 0 Å². The molecule has 0 atom stereocenters. The summed E-state index contributed by atoms with van der Waals surface area (Å²) in [4.78, 5) is 17.3. The van der Waals surface area contributed by atoms with Gasteiger partial charge in [0.25, 0.3) is 0 Å². The summed E-state index contributed by atoms with van der Waals surface area (Å²) in [5, 5.41) is 0.762. The van der Waals surface area contributed by atoms with Gasteiger partial charge in [0.05, 0.1) is 17.7 Å². The number of Topliss-reactive ketones (excluding diaryl/α,β-unsaturated/α-hetero) is 1. The fourth-order valence-corrected chi connectivity index (χ4v) is 5.63. The summed E-state index contributed by atoms with van der Waals surface area (Å²) in [6, 6.07) is 11.6. The smallest absolute Gasteiger partial charge is 0.232 e. The molecule has 0 fully saturated rings. The number of benzene rings is 2. The van der Waals surface area contributed by atoms with E-state index >= 15 is 0 Å². The molecule has 6 nitrogen and oxygen atoms in total. The number of fused-ring (bicyclic) bond motifs is 1. The number of hydrogen-bond donors (Lipinski definition) is 0. The molecule has 1 aliphatic heterocycles. The van der Waals surface area contributed by atoms with Gasteiger partial charge in [-0.25, -0.2) is 13.4 Å². The molecule has 2 aromatic carbocycles. The van der Waals surface area contributed by atoms with Crippen LogP contribution in [-0.2, 0) is 16.4 Å². The lowest BCUT2D eigenvalue weighted by atomic mass is 9.99. The van der Waals surface area contributed by atoms with Crippen molar-refractivity contribution in [2.75, 3.05) is 22.9 Å². The Balaban J connectivity index is 1.51. The summed E-state index contributed by atoms with van der Waals surface area (Å²) in [6.07, 6.45) is 6.37. The van der Waals surface area contributed by atoms with Gasteiger partial charge < -0.3 is 0 Å². The average Bonchev–Trinajstić information content (AvgIpc) is 3.21. The van der Waals surface area contributed by atoms with Crippen molar-refractivity contribution in [3.63, 3.8) is 0 Å². The molecule has 4 rings (SSSR count). The van der Waals surface area contributed by atoms with Crippen LogP contribution in [0.3, 0.4) is 0 Å². The number of aromatic nitrogens is 2. The normalized spacial score (nSPS) is 13.8. The topological polar surface area (TPSA) is 72.3 Å². The predicted octanol–water partition coefficient (Wildman–Crippen LogP) is 4.18. The van der Waals surface area contributed by atoms with Crippen molar-refractivity contribution < 1.29 is 13.2 Å². The molecule has 0 bridgehead atoms. The van der Waals surface area contributed by atoms with Crippen LogP contribution in [-0.4, -0.2) is 42.3 Å². The maximum atomic E-state index is 12.9. The molecule has 0 saturated carbocycles. The van der Waals surface area contributed by atoms with Crippen LogP contribution in [0.1, 0.15) is 33.5 Å². The van der Waals surface area contributed by atoms with Crippen LogP contribution in [0, 0.1) is 13.8 Å². The zero-order valence-corrected chi connectivity index (χ0v) is 19.5. The van der Waals surface area contributed by atoms with E-state index in [2.05, 4.69) is 31.0 Å². The Bertz CT molecular complexity index is 1250. The molecule has 3 aromatic rings. The van der Waals surface area contributed by atoms with Gasteiger partial charge in [-0.3, -0.25) is 13.7 Å². The molecule has 0 radical (unpaired) electrons. The molecule has 1 aromatic heterocycles. The minimum absolute atomic E-state index is 0.00100. The standard InChI is InChI=1S/C23H25N3O3S2/c1-16-6-8-20(13-17(16)2)25-12-10-24-23(25)30-15-22(27)19-7-9-21-18(14-19)5-4-11-26(21)31(3,28)29/h6-10,12-14H,4-5,11,15H2,1-3H3. The van der Waals surface area contributed by atoms with Gasteiger partial charge in [0.15, 0.2) is 10.9 Å². The zero-order chi connectivity index (χ0) is 22.2. The molecule has 8 heteroatoms. The highest BCUT2D eigenvalue weighted by Crippen LogP contribution is 2.30. The molecule has 1 aliphatic rings. The fourth-order valence-electron chi connectivity index (χ4n) is 3.76. The number of rotatable bonds is 6. The number of imidazole rings is 1. The van der Waals surface area contributed by atoms with Crippen LogP contribution >= 0.6 is 11.8 Å². The van der Waals surface area contributed by atoms with Gasteiger partial charge in [-0.15, -0.1) is 0 Å². The number of sulfonamides is 1. The van der Waals surface area contributed by atoms with Crippen LogP contribution < -0.4 is 4.31 Å². The summed E-state index contributed by atoms with van der Waals surface area (Å²) in [5.74, 6) is 0.259. The maximum Gasteiger partial charge on any atom is 0.232 e. The van der Waals surface area contributed by atoms with E-state index in [1.165, 1.54) is 33.4 Å². The lowest BCUT2D eigenvalue weighted by molar-refractivity contribution is 0.102. The summed E-state index contributed by atoms with van der Waals surface area (Å²) in [6.45, 7) is 4.64. The number of thioether (sulfide) groups is 1. The second kappa shape index (κ2) is 8.51. The van der Waals surface area contributed by atoms with E-state index in [-0.39, 0.29) is 11.5 Å². The minimum atomic E-state index is -3.32. The van der Waals surface area contributed by atoms with Gasteiger partial charge in [0.2, 0.25) is 10.0 Å². The summed E-state index contributed by atoms with van der Waals surface area (Å²) in [7, 11) is -3.32. The Morgan fingerprint density at radius 3 is 2.68 bits per heavy atom. The van der Waals surface area contributed by atoms with Crippen molar-refractivity contribution in [3.05, 3.63) is 71.0 Å². The van der Waals surface area contributed by atoms with Crippen molar-refractivity contribution in [1.29, 1.82) is 0 Å². The molecular formula is C23H25N3O3S2. The van der Waals surface area contributed by atoms with Gasteiger partial charge in [-0.05, 0) is 73.7 Å². The zero-order valence-electron chi connectivity index (χ0n) is 17.8. The molecule has 0 spiro atoms. The number of aryl methyl sites for hydroxylation is 3. The van der Waals surface area contributed by atoms with Crippen LogP contribution in [0.15, 0.2) is 53.9 Å². The summed E-state index contributed by atoms with van der Waals surface area (Å²) >= 11 is 1.40. The predicted molar refractivity (Wildman–Crippen MR) is 125 cm³/mol. The molecule has 0 aliphatic carbocycles. The van der Waals surface area contributed by atoms with E-state index in [0.717, 1.165) is 29.2 Å². The van der Waals surface area contributed by atoms with E-state index in [9.17, 15) is 13.2 Å². The van der Waals surface area contributed by atoms with Crippen LogP contribution in [0.25, 0.3) is 5.69 Å². The number of nitrogens with zero attached hydrogens (tertiary/aromatic N) is 3. The second-order valence-electron chi connectivity index (χ2n) is 7.84. The molecule has 31 heavy (non-hydrogen) atoms. The quantitative estimate of drug-likeness (QED) is 0.412. The van der Waals surface area contributed by atoms with E-state index in [0.29, 0.717) is 17.8 Å². The van der Waals surface area contributed by atoms with E-state index in [1.54, 1.807) is 18.3 Å². The monoisotopic (exact) mass is 455 g/mol. The molecule has 2 heterocycles. The first-order chi connectivity index (χ1) is 14.7. The number of hydrogen-bond acceptors (Lipinski definition) is 5. The lowest BCUT2D eigenvalue weighted by Gasteiger charge is -2.29. The summed E-state index contributed by atoms with van der Waals surface area (Å²) < 4.78 is 27.5. The Morgan fingerprint density at radius 1 is 1.13 bits per heavy atom. The first-order valence-electron chi connectivity index (χ1n) is 10.1. The van der Waals surface area contributed by atoms with Crippen molar-refractivity contribution in [1.82, 2.24) is 9.55 Å². The lowest BCUT2D eigenvalue weighted by Crippen LogP contribution is -2.34. The van der Waals surface area contributed by atoms with Crippen molar-refractivity contribution in [2.45, 2.75) is 31.8 Å². The first kappa shape index (κ1) is 21.6. The van der Waals surface area contributed by atoms with E-state index < -0.39 is 10.0 Å². The average molecular weight is 456 g/mol. The van der Waals surface area contributed by atoms with Gasteiger partial charge in [0.1, 0.15) is 0 Å². The van der Waals surface area contributed by atoms with Gasteiger partial charge in [0, 0.05) is 30.2 Å². The third-order valence-corrected chi connectivity index (χ3v) is 7.73. The Labute approximate surface area is 187 Å². The number of carbonyl (C=O) groups is 1. The van der Waals surface area contributed by atoms with Gasteiger partial charge in [-0.2, -0.15) is 0 Å². The van der Waals surface area contributed by atoms with E-state index in [4.69, 9.17) is 0 Å². The third kappa shape index (κ3) is 4.55. The van der Waals surface area contributed by atoms with Crippen LogP contribution in [0.2, 0.25) is 0 Å². The maximum absolute atomic E-state index is 12.9. The molecule has 0 N–H and O–H groups in total. The second-order valence-corrected chi connectivity index (χ2v) is 10.7. The minimum Gasteiger partial charge on any atom is -0.295 e. The highest BCUT2D eigenvalue weighted by atomic mass is 32.2. The van der Waals surface area contributed by atoms with Gasteiger partial charge >= 0.3 is 0 Å². The highest BCUT2D eigenvalue weighted by molar-refractivity contribution is 7.99. The first-order valence-corrected chi connectivity index (χ1v) is 12.9. The Kier molecular flexibility index (Phi) is 5.94. The molecular weight excluding hydrogens is 430 g/mol. The number of anilines is 1. The largest absolute Gasteiger partial charge is 0.295 e. The molecule has 0 saturated heterocycles. The van der Waals surface area contributed by atoms with Crippen LogP contribution in [0.4, 0.5) is 5.69 Å². The SMILES string of the molecule is Cc1ccc(-n2ccnc2SCC(=O)c2ccc3c(c2)CCCN3S(C)(=O)=O)cc1C. The van der Waals surface area contributed by atoms with Gasteiger partial charge in [-0.1, -0.05) is 17.8 Å². The molecule has 162 valence electrons.